The molecule has 48 valence electrons. The first-order valence-corrected chi connectivity index (χ1v) is 3.05. The van der Waals surface area contributed by atoms with Gasteiger partial charge >= 0.3 is 0 Å². The van der Waals surface area contributed by atoms with Gasteiger partial charge in [0.25, 0.3) is 0 Å². The van der Waals surface area contributed by atoms with Crippen LogP contribution in [-0.2, 0) is 0 Å². The summed E-state index contributed by atoms with van der Waals surface area (Å²) >= 11 is 0. The minimum Gasteiger partial charge on any atom is -0.150 e. The van der Waals surface area contributed by atoms with Crippen molar-refractivity contribution in [2.75, 3.05) is 6.54 Å². The van der Waals surface area contributed by atoms with E-state index in [-0.39, 0.29) is 0 Å². The highest BCUT2D eigenvalue weighted by Crippen LogP contribution is 2.10. The Kier molecular flexibility index (Phi) is 2.19. The fourth-order valence-electron chi connectivity index (χ4n) is 0.861. The summed E-state index contributed by atoms with van der Waals surface area (Å²) in [6.07, 6.45) is 8.09. The van der Waals surface area contributed by atoms with Gasteiger partial charge in [0, 0.05) is 0 Å². The third-order valence-electron chi connectivity index (χ3n) is 1.36. The summed E-state index contributed by atoms with van der Waals surface area (Å²) in [6, 6.07) is 0. The Hall–Kier alpha value is -0.920. The van der Waals surface area contributed by atoms with E-state index in [2.05, 4.69) is 23.4 Å². The Labute approximate surface area is 54.2 Å². The highest BCUT2D eigenvalue weighted by molar-refractivity contribution is 5.15. The van der Waals surface area contributed by atoms with Gasteiger partial charge < -0.3 is 0 Å². The van der Waals surface area contributed by atoms with Gasteiger partial charge in [-0.25, -0.2) is 0 Å². The third-order valence-corrected chi connectivity index (χ3v) is 1.36. The topological polar surface area (TPSA) is 29.4 Å². The molecule has 0 radical (unpaired) electrons. The first-order valence-electron chi connectivity index (χ1n) is 3.05. The van der Waals surface area contributed by atoms with E-state index in [4.69, 9.17) is 0 Å². The molecule has 9 heavy (non-hydrogen) atoms. The van der Waals surface area contributed by atoms with Crippen molar-refractivity contribution in [3.8, 4) is 0 Å². The van der Waals surface area contributed by atoms with Gasteiger partial charge in [-0.2, -0.15) is 4.91 Å². The van der Waals surface area contributed by atoms with Crippen LogP contribution in [0.2, 0.25) is 0 Å². The lowest BCUT2D eigenvalue weighted by molar-refractivity contribution is 1.01. The molecule has 0 aliphatic heterocycles. The van der Waals surface area contributed by atoms with E-state index in [0.717, 1.165) is 18.4 Å². The van der Waals surface area contributed by atoms with Crippen LogP contribution in [0.1, 0.15) is 12.8 Å². The van der Waals surface area contributed by atoms with Gasteiger partial charge in [0.05, 0.1) is 0 Å². The summed E-state index contributed by atoms with van der Waals surface area (Å²) in [5.41, 5.74) is 1.15. The molecule has 0 aromatic rings. The van der Waals surface area contributed by atoms with E-state index in [1.165, 1.54) is 0 Å². The fourth-order valence-corrected chi connectivity index (χ4v) is 0.861. The molecule has 1 aliphatic rings. The summed E-state index contributed by atoms with van der Waals surface area (Å²) < 4.78 is 0. The maximum absolute atomic E-state index is 9.76. The Bertz CT molecular complexity index is 154. The average molecular weight is 123 g/mol. The zero-order chi connectivity index (χ0) is 6.53. The van der Waals surface area contributed by atoms with E-state index in [0.29, 0.717) is 6.54 Å². The van der Waals surface area contributed by atoms with Gasteiger partial charge in [0.1, 0.15) is 6.54 Å². The molecule has 0 spiro atoms. The van der Waals surface area contributed by atoms with Crippen LogP contribution in [0, 0.1) is 4.91 Å². The van der Waals surface area contributed by atoms with E-state index in [1.807, 2.05) is 0 Å². The fraction of sp³-hybridized carbons (Fsp3) is 0.429. The van der Waals surface area contributed by atoms with Crippen LogP contribution in [0.3, 0.4) is 0 Å². The zero-order valence-electron chi connectivity index (χ0n) is 5.21. The lowest BCUT2D eigenvalue weighted by Gasteiger charge is -2.01. The molecule has 0 saturated heterocycles. The average Bonchev–Trinajstić information content (AvgIpc) is 1.91. The highest BCUT2D eigenvalue weighted by atomic mass is 16.3. The highest BCUT2D eigenvalue weighted by Gasteiger charge is 1.96. The summed E-state index contributed by atoms with van der Waals surface area (Å²) in [5.74, 6) is 0. The van der Waals surface area contributed by atoms with Crippen molar-refractivity contribution in [3.05, 3.63) is 28.7 Å². The molecule has 0 amide bonds. The molecule has 2 nitrogen and oxygen atoms in total. The third kappa shape index (κ3) is 1.80. The normalized spacial score (nSPS) is 17.1. The number of rotatable bonds is 2. The summed E-state index contributed by atoms with van der Waals surface area (Å²) in [6.45, 7) is 0.365. The molecule has 0 aromatic carbocycles. The van der Waals surface area contributed by atoms with Crippen LogP contribution in [0.5, 0.6) is 0 Å². The number of hydrogen-bond acceptors (Lipinski definition) is 2. The molecule has 2 heteroatoms. The maximum Gasteiger partial charge on any atom is 0.102 e. The second-order valence-electron chi connectivity index (χ2n) is 2.06. The van der Waals surface area contributed by atoms with Crippen molar-refractivity contribution in [3.63, 3.8) is 0 Å². The molecular formula is C7H9NO. The van der Waals surface area contributed by atoms with Crippen LogP contribution < -0.4 is 0 Å². The van der Waals surface area contributed by atoms with Gasteiger partial charge in [-0.15, -0.1) is 0 Å². The molecule has 0 aromatic heterocycles. The van der Waals surface area contributed by atoms with Gasteiger partial charge in [-0.05, 0) is 18.4 Å². The predicted molar refractivity (Wildman–Crippen MR) is 37.1 cm³/mol. The minimum atomic E-state index is 0.365. The number of nitrogens with zero attached hydrogens (tertiary/aromatic N) is 1. The molecule has 0 N–H and O–H groups in total. The van der Waals surface area contributed by atoms with Crippen molar-refractivity contribution >= 4 is 0 Å². The van der Waals surface area contributed by atoms with Crippen molar-refractivity contribution in [1.29, 1.82) is 0 Å². The Morgan fingerprint density at radius 2 is 2.44 bits per heavy atom. The summed E-state index contributed by atoms with van der Waals surface area (Å²) in [5, 5.41) is 2.81. The number of hydrogen-bond donors (Lipinski definition) is 0. The van der Waals surface area contributed by atoms with Crippen LogP contribution in [-0.4, -0.2) is 6.54 Å². The monoisotopic (exact) mass is 123 g/mol. The largest absolute Gasteiger partial charge is 0.150 e. The van der Waals surface area contributed by atoms with Crippen molar-refractivity contribution in [1.82, 2.24) is 0 Å². The molecule has 1 rings (SSSR count). The molecule has 0 heterocycles. The number of allylic oxidation sites excluding steroid dienone is 3. The van der Waals surface area contributed by atoms with Gasteiger partial charge in [-0.3, -0.25) is 0 Å². The Morgan fingerprint density at radius 1 is 1.56 bits per heavy atom. The Balaban J connectivity index is 2.40. The summed E-state index contributed by atoms with van der Waals surface area (Å²) in [4.78, 5) is 9.76. The predicted octanol–water partition coefficient (Wildman–Crippen LogP) is 2.03. The first-order chi connectivity index (χ1) is 4.43. The van der Waals surface area contributed by atoms with E-state index in [1.54, 1.807) is 0 Å². The lowest BCUT2D eigenvalue weighted by Crippen LogP contribution is -1.89. The molecular weight excluding hydrogens is 114 g/mol. The van der Waals surface area contributed by atoms with E-state index >= 15 is 0 Å². The lowest BCUT2D eigenvalue weighted by atomic mass is 10.1. The van der Waals surface area contributed by atoms with Gasteiger partial charge in [0.2, 0.25) is 0 Å². The molecule has 1 aliphatic carbocycles. The van der Waals surface area contributed by atoms with Crippen molar-refractivity contribution in [2.24, 2.45) is 5.18 Å². The van der Waals surface area contributed by atoms with Crippen LogP contribution in [0.25, 0.3) is 0 Å². The molecule has 0 unspecified atom stereocenters. The molecule has 0 fully saturated rings. The molecule has 0 saturated carbocycles. The zero-order valence-corrected chi connectivity index (χ0v) is 5.21. The molecule has 0 bridgehead atoms. The van der Waals surface area contributed by atoms with Crippen molar-refractivity contribution in [2.45, 2.75) is 12.8 Å². The Morgan fingerprint density at radius 3 is 3.00 bits per heavy atom. The van der Waals surface area contributed by atoms with Gasteiger partial charge in [-0.1, -0.05) is 23.4 Å². The van der Waals surface area contributed by atoms with Crippen LogP contribution in [0.15, 0.2) is 29.0 Å². The minimum absolute atomic E-state index is 0.365. The van der Waals surface area contributed by atoms with E-state index < -0.39 is 0 Å². The van der Waals surface area contributed by atoms with Crippen LogP contribution >= 0.6 is 0 Å². The smallest absolute Gasteiger partial charge is 0.102 e. The number of nitroso groups, excluding NO2 is 1. The standard InChI is InChI=1S/C7H9NO/c9-8-6-7-4-2-1-3-5-7/h1-2,5H,3-4,6H2. The first kappa shape index (κ1) is 6.20. The molecule has 0 atom stereocenters. The van der Waals surface area contributed by atoms with Crippen molar-refractivity contribution < 1.29 is 0 Å². The van der Waals surface area contributed by atoms with E-state index in [9.17, 15) is 4.91 Å². The van der Waals surface area contributed by atoms with Crippen LogP contribution in [0.4, 0.5) is 0 Å². The second-order valence-corrected chi connectivity index (χ2v) is 2.06. The SMILES string of the molecule is O=NCC1=CCC=CC1. The van der Waals surface area contributed by atoms with Gasteiger partial charge in [0.15, 0.2) is 0 Å². The second kappa shape index (κ2) is 3.17. The maximum atomic E-state index is 9.76. The summed E-state index contributed by atoms with van der Waals surface area (Å²) in [7, 11) is 0. The quantitative estimate of drug-likeness (QED) is 0.408.